The lowest BCUT2D eigenvalue weighted by molar-refractivity contribution is -0.127. The van der Waals surface area contributed by atoms with Crippen LogP contribution in [-0.4, -0.2) is 23.8 Å². The van der Waals surface area contributed by atoms with Crippen LogP contribution in [0.15, 0.2) is 54.6 Å². The van der Waals surface area contributed by atoms with Crippen LogP contribution < -0.4 is 16.0 Å². The second-order valence-corrected chi connectivity index (χ2v) is 8.53. The van der Waals surface area contributed by atoms with Crippen molar-refractivity contribution in [2.75, 3.05) is 5.32 Å². The summed E-state index contributed by atoms with van der Waals surface area (Å²) in [5, 5.41) is 8.75. The highest BCUT2D eigenvalue weighted by Gasteiger charge is 2.23. The lowest BCUT2D eigenvalue weighted by atomic mass is 10.0. The number of amides is 3. The highest BCUT2D eigenvalue weighted by Crippen LogP contribution is 2.20. The van der Waals surface area contributed by atoms with Crippen LogP contribution >= 0.6 is 0 Å². The summed E-state index contributed by atoms with van der Waals surface area (Å²) in [5.74, 6) is -0.389. The zero-order valence-electron chi connectivity index (χ0n) is 18.2. The molecule has 6 nitrogen and oxygen atoms in total. The van der Waals surface area contributed by atoms with E-state index in [9.17, 15) is 14.4 Å². The highest BCUT2D eigenvalue weighted by molar-refractivity contribution is 5.99. The van der Waals surface area contributed by atoms with Crippen molar-refractivity contribution in [1.29, 1.82) is 0 Å². The van der Waals surface area contributed by atoms with Gasteiger partial charge in [0.05, 0.1) is 0 Å². The number of benzene rings is 2. The molecule has 1 aliphatic rings. The van der Waals surface area contributed by atoms with Gasteiger partial charge in [0, 0.05) is 23.7 Å². The van der Waals surface area contributed by atoms with Gasteiger partial charge in [-0.25, -0.2) is 0 Å². The van der Waals surface area contributed by atoms with Gasteiger partial charge in [0.25, 0.3) is 11.8 Å². The van der Waals surface area contributed by atoms with Gasteiger partial charge >= 0.3 is 0 Å². The maximum Gasteiger partial charge on any atom is 0.251 e. The van der Waals surface area contributed by atoms with Gasteiger partial charge in [-0.05, 0) is 48.6 Å². The first-order valence-electron chi connectivity index (χ1n) is 11.0. The number of carbonyl (C=O) groups excluding carboxylic acids is 3. The molecule has 1 unspecified atom stereocenters. The molecule has 0 saturated heterocycles. The fourth-order valence-corrected chi connectivity index (χ4v) is 3.79. The lowest BCUT2D eigenvalue weighted by Crippen LogP contribution is -2.37. The van der Waals surface area contributed by atoms with Crippen LogP contribution in [0.3, 0.4) is 0 Å². The van der Waals surface area contributed by atoms with Crippen LogP contribution in [0.25, 0.3) is 0 Å². The van der Waals surface area contributed by atoms with Crippen LogP contribution in [-0.2, 0) is 9.59 Å². The van der Waals surface area contributed by atoms with Crippen molar-refractivity contribution in [1.82, 2.24) is 10.6 Å². The van der Waals surface area contributed by atoms with E-state index in [0.29, 0.717) is 23.2 Å². The molecular weight excluding hydrogens is 390 g/mol. The topological polar surface area (TPSA) is 87.3 Å². The third kappa shape index (κ3) is 6.67. The molecule has 0 bridgehead atoms. The Kier molecular flexibility index (Phi) is 7.82. The van der Waals surface area contributed by atoms with Gasteiger partial charge in [-0.2, -0.15) is 0 Å². The molecule has 164 valence electrons. The van der Waals surface area contributed by atoms with Gasteiger partial charge < -0.3 is 16.0 Å². The molecule has 3 N–H and O–H groups in total. The minimum atomic E-state index is -0.794. The predicted octanol–water partition coefficient (Wildman–Crippen LogP) is 4.20. The van der Waals surface area contributed by atoms with E-state index in [1.807, 2.05) is 44.2 Å². The van der Waals surface area contributed by atoms with Crippen LogP contribution in [0.2, 0.25) is 0 Å². The predicted molar refractivity (Wildman–Crippen MR) is 122 cm³/mol. The average Bonchev–Trinajstić information content (AvgIpc) is 3.25. The summed E-state index contributed by atoms with van der Waals surface area (Å²) in [6.07, 6.45) is 4.73. The van der Waals surface area contributed by atoms with Crippen molar-refractivity contribution in [3.05, 3.63) is 65.7 Å². The molecule has 0 aromatic heterocycles. The van der Waals surface area contributed by atoms with Crippen molar-refractivity contribution in [3.63, 3.8) is 0 Å². The standard InChI is InChI=1S/C25H31N3O3/c1-17(2)16-22(29)28-23(18-8-4-3-5-9-18)25(31)27-21-14-12-19(13-15-21)24(30)26-20-10-6-7-11-20/h3-5,8-9,12-15,17,20,23H,6-7,10-11,16H2,1-2H3,(H,26,30)(H,27,31)(H,28,29). The fraction of sp³-hybridized carbons (Fsp3) is 0.400. The van der Waals surface area contributed by atoms with Crippen molar-refractivity contribution < 1.29 is 14.4 Å². The van der Waals surface area contributed by atoms with Crippen molar-refractivity contribution >= 4 is 23.4 Å². The smallest absolute Gasteiger partial charge is 0.251 e. The molecule has 0 heterocycles. The molecular formula is C25H31N3O3. The van der Waals surface area contributed by atoms with Crippen molar-refractivity contribution in [3.8, 4) is 0 Å². The normalized spacial score (nSPS) is 14.8. The molecule has 3 rings (SSSR count). The number of anilines is 1. The van der Waals surface area contributed by atoms with E-state index in [0.717, 1.165) is 25.7 Å². The number of carbonyl (C=O) groups is 3. The minimum Gasteiger partial charge on any atom is -0.349 e. The summed E-state index contributed by atoms with van der Waals surface area (Å²) in [6, 6.07) is 15.5. The quantitative estimate of drug-likeness (QED) is 0.597. The third-order valence-corrected chi connectivity index (χ3v) is 5.40. The Morgan fingerprint density at radius 1 is 0.935 bits per heavy atom. The maximum absolute atomic E-state index is 13.0. The fourth-order valence-electron chi connectivity index (χ4n) is 3.79. The Bertz CT molecular complexity index is 888. The largest absolute Gasteiger partial charge is 0.349 e. The summed E-state index contributed by atoms with van der Waals surface area (Å²) in [5.41, 5.74) is 1.85. The van der Waals surface area contributed by atoms with Gasteiger partial charge in [-0.3, -0.25) is 14.4 Å². The Morgan fingerprint density at radius 2 is 1.58 bits per heavy atom. The van der Waals surface area contributed by atoms with Crippen LogP contribution in [0.1, 0.15) is 67.9 Å². The monoisotopic (exact) mass is 421 g/mol. The molecule has 2 aromatic rings. The van der Waals surface area contributed by atoms with E-state index in [1.165, 1.54) is 0 Å². The number of rotatable bonds is 8. The highest BCUT2D eigenvalue weighted by atomic mass is 16.2. The molecule has 2 aromatic carbocycles. The third-order valence-electron chi connectivity index (χ3n) is 5.40. The van der Waals surface area contributed by atoms with E-state index < -0.39 is 6.04 Å². The SMILES string of the molecule is CC(C)CC(=O)NC(C(=O)Nc1ccc(C(=O)NC2CCCC2)cc1)c1ccccc1. The molecule has 0 radical (unpaired) electrons. The summed E-state index contributed by atoms with van der Waals surface area (Å²) in [6.45, 7) is 3.92. The van der Waals surface area contributed by atoms with E-state index in [1.54, 1.807) is 24.3 Å². The van der Waals surface area contributed by atoms with E-state index >= 15 is 0 Å². The lowest BCUT2D eigenvalue weighted by Gasteiger charge is -2.20. The molecule has 1 aliphatic carbocycles. The van der Waals surface area contributed by atoms with Gasteiger partial charge in [0.15, 0.2) is 0 Å². The molecule has 31 heavy (non-hydrogen) atoms. The van der Waals surface area contributed by atoms with Crippen molar-refractivity contribution in [2.45, 2.75) is 58.0 Å². The second-order valence-electron chi connectivity index (χ2n) is 8.53. The first kappa shape index (κ1) is 22.5. The Hall–Kier alpha value is -3.15. The van der Waals surface area contributed by atoms with Gasteiger partial charge in [0.1, 0.15) is 6.04 Å². The minimum absolute atomic E-state index is 0.0899. The van der Waals surface area contributed by atoms with Gasteiger partial charge in [-0.1, -0.05) is 57.0 Å². The Balaban J connectivity index is 1.66. The van der Waals surface area contributed by atoms with E-state index in [4.69, 9.17) is 0 Å². The summed E-state index contributed by atoms with van der Waals surface area (Å²) < 4.78 is 0. The van der Waals surface area contributed by atoms with Crippen LogP contribution in [0, 0.1) is 5.92 Å². The van der Waals surface area contributed by atoms with Crippen molar-refractivity contribution in [2.24, 2.45) is 5.92 Å². The first-order chi connectivity index (χ1) is 14.9. The van der Waals surface area contributed by atoms with Crippen LogP contribution in [0.4, 0.5) is 5.69 Å². The Labute approximate surface area is 183 Å². The maximum atomic E-state index is 13.0. The van der Waals surface area contributed by atoms with Crippen LogP contribution in [0.5, 0.6) is 0 Å². The molecule has 1 saturated carbocycles. The zero-order chi connectivity index (χ0) is 22.2. The molecule has 0 spiro atoms. The summed E-state index contributed by atoms with van der Waals surface area (Å²) in [7, 11) is 0. The molecule has 0 aliphatic heterocycles. The summed E-state index contributed by atoms with van der Waals surface area (Å²) in [4.78, 5) is 37.7. The van der Waals surface area contributed by atoms with Gasteiger partial charge in [0.2, 0.25) is 5.91 Å². The van der Waals surface area contributed by atoms with Gasteiger partial charge in [-0.15, -0.1) is 0 Å². The number of hydrogen-bond acceptors (Lipinski definition) is 3. The molecule has 3 amide bonds. The molecule has 1 atom stereocenters. The second kappa shape index (κ2) is 10.8. The number of nitrogens with one attached hydrogen (secondary N) is 3. The molecule has 6 heteroatoms. The Morgan fingerprint density at radius 3 is 2.19 bits per heavy atom. The summed E-state index contributed by atoms with van der Waals surface area (Å²) >= 11 is 0. The van der Waals surface area contributed by atoms with E-state index in [-0.39, 0.29) is 29.7 Å². The molecule has 1 fully saturated rings. The zero-order valence-corrected chi connectivity index (χ0v) is 18.2. The number of hydrogen-bond donors (Lipinski definition) is 3. The average molecular weight is 422 g/mol. The first-order valence-corrected chi connectivity index (χ1v) is 11.0. The van der Waals surface area contributed by atoms with E-state index in [2.05, 4.69) is 16.0 Å².